The maximum atomic E-state index is 3.43. The molecule has 4 nitrogen and oxygen atoms in total. The Bertz CT molecular complexity index is 854. The molecule has 1 N–H and O–H groups in total. The SMILES string of the molecule is CCN1C(=Cc2cc(C)[n+](CCN3CCNCC3)c(C)c2)Sc2ccccc21.[I-]. The summed E-state index contributed by atoms with van der Waals surface area (Å²) in [4.78, 5) is 6.32. The zero-order chi connectivity index (χ0) is 19.5. The number of piperazine rings is 1. The Kier molecular flexibility index (Phi) is 8.01. The van der Waals surface area contributed by atoms with Gasteiger partial charge in [0.2, 0.25) is 0 Å². The number of hydrogen-bond acceptors (Lipinski definition) is 4. The van der Waals surface area contributed by atoms with Crippen molar-refractivity contribution in [1.82, 2.24) is 10.2 Å². The second-order valence-electron chi connectivity index (χ2n) is 7.61. The number of nitrogens with one attached hydrogen (secondary N) is 1. The molecule has 1 saturated heterocycles. The molecule has 6 heteroatoms. The third kappa shape index (κ3) is 5.16. The van der Waals surface area contributed by atoms with Crippen molar-refractivity contribution in [2.24, 2.45) is 0 Å². The van der Waals surface area contributed by atoms with Crippen LogP contribution in [0, 0.1) is 13.8 Å². The molecule has 0 atom stereocenters. The molecule has 0 aliphatic carbocycles. The van der Waals surface area contributed by atoms with Gasteiger partial charge in [0, 0.05) is 63.6 Å². The minimum atomic E-state index is 0. The van der Waals surface area contributed by atoms with Crippen molar-refractivity contribution in [1.29, 1.82) is 0 Å². The first kappa shape index (κ1) is 22.6. The second-order valence-corrected chi connectivity index (χ2v) is 8.67. The molecule has 1 fully saturated rings. The number of anilines is 1. The van der Waals surface area contributed by atoms with E-state index in [1.54, 1.807) is 0 Å². The first-order chi connectivity index (χ1) is 13.7. The molecule has 2 aliphatic rings. The normalized spacial score (nSPS) is 18.0. The number of fused-ring (bicyclic) bond motifs is 1. The van der Waals surface area contributed by atoms with Crippen molar-refractivity contribution in [2.45, 2.75) is 32.2 Å². The van der Waals surface area contributed by atoms with Gasteiger partial charge in [0.15, 0.2) is 17.9 Å². The fourth-order valence-corrected chi connectivity index (χ4v) is 5.39. The van der Waals surface area contributed by atoms with E-state index in [9.17, 15) is 0 Å². The highest BCUT2D eigenvalue weighted by molar-refractivity contribution is 8.03. The van der Waals surface area contributed by atoms with Crippen LogP contribution in [0.1, 0.15) is 23.9 Å². The van der Waals surface area contributed by atoms with Crippen molar-refractivity contribution in [3.63, 3.8) is 0 Å². The number of aryl methyl sites for hydroxylation is 2. The summed E-state index contributed by atoms with van der Waals surface area (Å²) in [5.41, 5.74) is 5.30. The van der Waals surface area contributed by atoms with E-state index >= 15 is 0 Å². The molecule has 4 rings (SSSR count). The van der Waals surface area contributed by atoms with Crippen LogP contribution in [-0.2, 0) is 6.54 Å². The van der Waals surface area contributed by atoms with Crippen LogP contribution in [0.4, 0.5) is 5.69 Å². The molecule has 156 valence electrons. The van der Waals surface area contributed by atoms with E-state index in [1.807, 2.05) is 11.8 Å². The van der Waals surface area contributed by atoms with Crippen LogP contribution in [0.3, 0.4) is 0 Å². The second kappa shape index (κ2) is 10.3. The smallest absolute Gasteiger partial charge is 0.179 e. The molecule has 3 heterocycles. The number of thioether (sulfide) groups is 1. The first-order valence-corrected chi connectivity index (χ1v) is 11.2. The predicted molar refractivity (Wildman–Crippen MR) is 119 cm³/mol. The number of para-hydroxylation sites is 1. The zero-order valence-electron chi connectivity index (χ0n) is 17.6. The summed E-state index contributed by atoms with van der Waals surface area (Å²) in [5.74, 6) is 0. The number of pyridine rings is 1. The van der Waals surface area contributed by atoms with Gasteiger partial charge in [-0.2, -0.15) is 4.57 Å². The van der Waals surface area contributed by atoms with Gasteiger partial charge >= 0.3 is 0 Å². The number of benzene rings is 1. The number of halogens is 1. The fraction of sp³-hybridized carbons (Fsp3) is 0.435. The first-order valence-electron chi connectivity index (χ1n) is 10.4. The van der Waals surface area contributed by atoms with Crippen LogP contribution in [-0.4, -0.2) is 44.2 Å². The quantitative estimate of drug-likeness (QED) is 0.455. The zero-order valence-corrected chi connectivity index (χ0v) is 20.6. The molecular formula is C23H31IN4S. The fourth-order valence-electron chi connectivity index (χ4n) is 4.20. The summed E-state index contributed by atoms with van der Waals surface area (Å²) < 4.78 is 2.46. The third-order valence-corrected chi connectivity index (χ3v) is 6.81. The van der Waals surface area contributed by atoms with Gasteiger partial charge in [-0.05, 0) is 30.7 Å². The minimum absolute atomic E-state index is 0. The van der Waals surface area contributed by atoms with Gasteiger partial charge in [0.05, 0.1) is 17.3 Å². The van der Waals surface area contributed by atoms with E-state index in [0.29, 0.717) is 0 Å². The lowest BCUT2D eigenvalue weighted by molar-refractivity contribution is -0.708. The van der Waals surface area contributed by atoms with Crippen LogP contribution in [0.5, 0.6) is 0 Å². The number of aromatic nitrogens is 1. The highest BCUT2D eigenvalue weighted by Gasteiger charge is 2.24. The van der Waals surface area contributed by atoms with Crippen LogP contribution in [0.15, 0.2) is 46.3 Å². The van der Waals surface area contributed by atoms with E-state index in [4.69, 9.17) is 0 Å². The van der Waals surface area contributed by atoms with Crippen molar-refractivity contribution < 1.29 is 28.5 Å². The Morgan fingerprint density at radius 3 is 2.48 bits per heavy atom. The maximum Gasteiger partial charge on any atom is 0.179 e. The third-order valence-electron chi connectivity index (χ3n) is 5.70. The standard InChI is InChI=1S/C23H31N4S.HI/c1-4-26-21-7-5-6-8-22(21)28-23(26)17-20-15-18(2)27(19(3)16-20)14-13-25-11-9-24-10-12-25;/h5-8,15-17,24H,4,9-14H2,1-3H3;1H/q+1;/p-1. The lowest BCUT2D eigenvalue weighted by Crippen LogP contribution is -3.00. The Labute approximate surface area is 196 Å². The van der Waals surface area contributed by atoms with Crippen LogP contribution < -0.4 is 38.8 Å². The van der Waals surface area contributed by atoms with Crippen LogP contribution in [0.2, 0.25) is 0 Å². The molecule has 1 aromatic carbocycles. The van der Waals surface area contributed by atoms with Crippen molar-refractivity contribution in [3.05, 3.63) is 58.4 Å². The average Bonchev–Trinajstić information content (AvgIpc) is 3.05. The summed E-state index contributed by atoms with van der Waals surface area (Å²) in [6, 6.07) is 13.3. The largest absolute Gasteiger partial charge is 1.00 e. The minimum Gasteiger partial charge on any atom is -1.00 e. The predicted octanol–water partition coefficient (Wildman–Crippen LogP) is 0.431. The monoisotopic (exact) mass is 522 g/mol. The Morgan fingerprint density at radius 1 is 1.10 bits per heavy atom. The molecule has 0 unspecified atom stereocenters. The van der Waals surface area contributed by atoms with Gasteiger partial charge in [-0.15, -0.1) is 0 Å². The van der Waals surface area contributed by atoms with Gasteiger partial charge in [0.1, 0.15) is 0 Å². The number of hydrogen-bond donors (Lipinski definition) is 1. The van der Waals surface area contributed by atoms with E-state index in [1.165, 1.54) is 32.6 Å². The highest BCUT2D eigenvalue weighted by atomic mass is 127. The lowest BCUT2D eigenvalue weighted by atomic mass is 10.1. The van der Waals surface area contributed by atoms with Gasteiger partial charge in [-0.1, -0.05) is 23.9 Å². The molecular weight excluding hydrogens is 491 g/mol. The van der Waals surface area contributed by atoms with E-state index in [2.05, 4.69) is 82.9 Å². The van der Waals surface area contributed by atoms with Crippen LogP contribution in [0.25, 0.3) is 6.08 Å². The van der Waals surface area contributed by atoms with E-state index in [-0.39, 0.29) is 24.0 Å². The van der Waals surface area contributed by atoms with Crippen molar-refractivity contribution >= 4 is 23.5 Å². The lowest BCUT2D eigenvalue weighted by Gasteiger charge is -2.26. The average molecular weight is 522 g/mol. The topological polar surface area (TPSA) is 22.4 Å². The molecule has 0 radical (unpaired) electrons. The summed E-state index contributed by atoms with van der Waals surface area (Å²) in [5, 5.41) is 4.75. The molecule has 2 aromatic rings. The summed E-state index contributed by atoms with van der Waals surface area (Å²) in [7, 11) is 0. The molecule has 0 spiro atoms. The van der Waals surface area contributed by atoms with E-state index in [0.717, 1.165) is 45.8 Å². The van der Waals surface area contributed by atoms with Gasteiger partial charge in [0.25, 0.3) is 0 Å². The molecule has 0 amide bonds. The van der Waals surface area contributed by atoms with Gasteiger partial charge < -0.3 is 34.2 Å². The Hall–Kier alpha value is -1.09. The molecule has 0 saturated carbocycles. The summed E-state index contributed by atoms with van der Waals surface area (Å²) in [6.45, 7) is 14.4. The van der Waals surface area contributed by atoms with Gasteiger partial charge in [-0.25, -0.2) is 0 Å². The molecule has 1 aromatic heterocycles. The van der Waals surface area contributed by atoms with Crippen molar-refractivity contribution in [2.75, 3.05) is 44.2 Å². The van der Waals surface area contributed by atoms with Crippen molar-refractivity contribution in [3.8, 4) is 0 Å². The van der Waals surface area contributed by atoms with Gasteiger partial charge in [-0.3, -0.25) is 4.90 Å². The van der Waals surface area contributed by atoms with E-state index < -0.39 is 0 Å². The van der Waals surface area contributed by atoms with Crippen LogP contribution >= 0.6 is 11.8 Å². The summed E-state index contributed by atoms with van der Waals surface area (Å²) >= 11 is 1.88. The Balaban J connectivity index is 0.00000240. The molecule has 29 heavy (non-hydrogen) atoms. The molecule has 0 bridgehead atoms. The number of rotatable bonds is 5. The highest BCUT2D eigenvalue weighted by Crippen LogP contribution is 2.46. The molecule has 2 aliphatic heterocycles. The maximum absolute atomic E-state index is 3.43. The number of nitrogens with zero attached hydrogens (tertiary/aromatic N) is 3. The summed E-state index contributed by atoms with van der Waals surface area (Å²) in [6.07, 6.45) is 2.34. The Morgan fingerprint density at radius 2 is 1.79 bits per heavy atom.